The molecule has 27 heavy (non-hydrogen) atoms. The molecule has 0 aliphatic carbocycles. The summed E-state index contributed by atoms with van der Waals surface area (Å²) in [7, 11) is 0. The molecule has 0 saturated heterocycles. The second-order valence-corrected chi connectivity index (χ2v) is 7.52. The van der Waals surface area contributed by atoms with E-state index in [2.05, 4.69) is 18.3 Å². The zero-order valence-electron chi connectivity index (χ0n) is 16.4. The first-order chi connectivity index (χ1) is 13.0. The maximum atomic E-state index is 13.1. The van der Waals surface area contributed by atoms with Crippen molar-refractivity contribution in [3.05, 3.63) is 57.8 Å². The van der Waals surface area contributed by atoms with Gasteiger partial charge in [-0.15, -0.1) is 11.3 Å². The van der Waals surface area contributed by atoms with Gasteiger partial charge < -0.3 is 15.1 Å². The number of carbonyl (C=O) groups is 2. The van der Waals surface area contributed by atoms with Crippen LogP contribution in [0.2, 0.25) is 0 Å². The Morgan fingerprint density at radius 1 is 1.04 bits per heavy atom. The normalized spacial score (nSPS) is 10.5. The number of carbonyl (C=O) groups excluding carboxylic acids is 2. The van der Waals surface area contributed by atoms with Crippen LogP contribution in [0.5, 0.6) is 0 Å². The predicted molar refractivity (Wildman–Crippen MR) is 111 cm³/mol. The van der Waals surface area contributed by atoms with Crippen molar-refractivity contribution in [2.45, 2.75) is 40.3 Å². The highest BCUT2D eigenvalue weighted by molar-refractivity contribution is 7.10. The Bertz CT molecular complexity index is 730. The lowest BCUT2D eigenvalue weighted by atomic mass is 10.2. The van der Waals surface area contributed by atoms with Gasteiger partial charge in [0.05, 0.1) is 6.54 Å². The van der Waals surface area contributed by atoms with Gasteiger partial charge in [-0.05, 0) is 42.8 Å². The van der Waals surface area contributed by atoms with Crippen LogP contribution in [-0.2, 0) is 17.9 Å². The second-order valence-electron chi connectivity index (χ2n) is 6.52. The van der Waals surface area contributed by atoms with Gasteiger partial charge in [0.2, 0.25) is 5.91 Å². The van der Waals surface area contributed by atoms with Crippen LogP contribution in [0.25, 0.3) is 0 Å². The smallest absolute Gasteiger partial charge is 0.317 e. The van der Waals surface area contributed by atoms with Gasteiger partial charge in [-0.3, -0.25) is 4.79 Å². The molecule has 3 amide bonds. The summed E-state index contributed by atoms with van der Waals surface area (Å²) in [5, 5.41) is 4.85. The quantitative estimate of drug-likeness (QED) is 0.706. The van der Waals surface area contributed by atoms with E-state index in [4.69, 9.17) is 0 Å². The molecule has 146 valence electrons. The summed E-state index contributed by atoms with van der Waals surface area (Å²) < 4.78 is 0. The molecule has 0 unspecified atom stereocenters. The Balaban J connectivity index is 2.15. The molecule has 0 atom stereocenters. The van der Waals surface area contributed by atoms with Crippen molar-refractivity contribution in [3.63, 3.8) is 0 Å². The van der Waals surface area contributed by atoms with E-state index in [0.29, 0.717) is 26.2 Å². The van der Waals surface area contributed by atoms with Crippen LogP contribution in [-0.4, -0.2) is 41.4 Å². The minimum atomic E-state index is -0.181. The highest BCUT2D eigenvalue weighted by Gasteiger charge is 2.21. The van der Waals surface area contributed by atoms with Crippen LogP contribution in [0.15, 0.2) is 41.8 Å². The SMILES string of the molecule is CCCN(CC(=O)N(Cc1ccccc1)Cc1sccc1C)C(=O)NCC. The van der Waals surface area contributed by atoms with E-state index in [1.54, 1.807) is 16.2 Å². The van der Waals surface area contributed by atoms with Gasteiger partial charge in [-0.2, -0.15) is 0 Å². The second kappa shape index (κ2) is 10.7. The van der Waals surface area contributed by atoms with E-state index in [9.17, 15) is 9.59 Å². The fourth-order valence-corrected chi connectivity index (χ4v) is 3.74. The first-order valence-corrected chi connectivity index (χ1v) is 10.3. The fourth-order valence-electron chi connectivity index (χ4n) is 2.82. The van der Waals surface area contributed by atoms with Crippen molar-refractivity contribution in [2.75, 3.05) is 19.6 Å². The Morgan fingerprint density at radius 3 is 2.37 bits per heavy atom. The molecule has 1 aromatic carbocycles. The summed E-state index contributed by atoms with van der Waals surface area (Å²) in [6.45, 7) is 8.26. The minimum Gasteiger partial charge on any atom is -0.338 e. The summed E-state index contributed by atoms with van der Waals surface area (Å²) in [6.07, 6.45) is 0.813. The lowest BCUT2D eigenvalue weighted by molar-refractivity contribution is -0.133. The zero-order valence-corrected chi connectivity index (χ0v) is 17.2. The zero-order chi connectivity index (χ0) is 19.6. The topological polar surface area (TPSA) is 52.7 Å². The number of hydrogen-bond donors (Lipinski definition) is 1. The van der Waals surface area contributed by atoms with E-state index >= 15 is 0 Å². The third kappa shape index (κ3) is 6.40. The monoisotopic (exact) mass is 387 g/mol. The lowest BCUT2D eigenvalue weighted by Gasteiger charge is -2.27. The van der Waals surface area contributed by atoms with Crippen LogP contribution in [0, 0.1) is 6.92 Å². The number of urea groups is 1. The van der Waals surface area contributed by atoms with E-state index in [0.717, 1.165) is 12.0 Å². The average molecular weight is 388 g/mol. The van der Waals surface area contributed by atoms with Crippen LogP contribution >= 0.6 is 11.3 Å². The molecule has 0 fully saturated rings. The van der Waals surface area contributed by atoms with Gasteiger partial charge in [0.25, 0.3) is 0 Å². The highest BCUT2D eigenvalue weighted by atomic mass is 32.1. The molecule has 0 aliphatic heterocycles. The fraction of sp³-hybridized carbons (Fsp3) is 0.429. The molecule has 0 aliphatic rings. The molecular formula is C21H29N3O2S. The third-order valence-electron chi connectivity index (χ3n) is 4.31. The number of nitrogens with one attached hydrogen (secondary N) is 1. The highest BCUT2D eigenvalue weighted by Crippen LogP contribution is 2.19. The summed E-state index contributed by atoms with van der Waals surface area (Å²) in [5.74, 6) is -0.0358. The molecule has 5 nitrogen and oxygen atoms in total. The van der Waals surface area contributed by atoms with Gasteiger partial charge in [0, 0.05) is 24.5 Å². The number of thiophene rings is 1. The van der Waals surface area contributed by atoms with Crippen LogP contribution < -0.4 is 5.32 Å². The van der Waals surface area contributed by atoms with Crippen molar-refractivity contribution in [3.8, 4) is 0 Å². The Kier molecular flexibility index (Phi) is 8.33. The molecule has 0 saturated carbocycles. The number of hydrogen-bond acceptors (Lipinski definition) is 3. The minimum absolute atomic E-state index is 0.0358. The van der Waals surface area contributed by atoms with E-state index in [1.165, 1.54) is 10.4 Å². The molecule has 0 spiro atoms. The van der Waals surface area contributed by atoms with Crippen molar-refractivity contribution < 1.29 is 9.59 Å². The van der Waals surface area contributed by atoms with Gasteiger partial charge in [-0.1, -0.05) is 37.3 Å². The Morgan fingerprint density at radius 2 is 1.78 bits per heavy atom. The molecule has 1 aromatic heterocycles. The lowest BCUT2D eigenvalue weighted by Crippen LogP contribution is -2.46. The predicted octanol–water partition coefficient (Wildman–Crippen LogP) is 4.03. The third-order valence-corrected chi connectivity index (χ3v) is 5.31. The van der Waals surface area contributed by atoms with E-state index < -0.39 is 0 Å². The van der Waals surface area contributed by atoms with E-state index in [-0.39, 0.29) is 18.5 Å². The van der Waals surface area contributed by atoms with Crippen LogP contribution in [0.4, 0.5) is 4.79 Å². The summed E-state index contributed by atoms with van der Waals surface area (Å²) in [4.78, 5) is 30.0. The van der Waals surface area contributed by atoms with E-state index in [1.807, 2.05) is 54.5 Å². The molecule has 6 heteroatoms. The molecular weight excluding hydrogens is 358 g/mol. The molecule has 2 aromatic rings. The van der Waals surface area contributed by atoms with Crippen molar-refractivity contribution in [1.29, 1.82) is 0 Å². The van der Waals surface area contributed by atoms with Gasteiger partial charge in [0.15, 0.2) is 0 Å². The number of rotatable bonds is 9. The standard InChI is InChI=1S/C21H29N3O2S/c1-4-12-23(21(26)22-5-2)16-20(25)24(14-18-9-7-6-8-10-18)15-19-17(3)11-13-27-19/h6-11,13H,4-5,12,14-16H2,1-3H3,(H,22,26). The van der Waals surface area contributed by atoms with Gasteiger partial charge in [-0.25, -0.2) is 4.79 Å². The number of amides is 3. The molecule has 2 rings (SSSR count). The first kappa shape index (κ1) is 21.0. The number of nitrogens with zero attached hydrogens (tertiary/aromatic N) is 2. The number of aryl methyl sites for hydroxylation is 1. The number of benzene rings is 1. The van der Waals surface area contributed by atoms with Crippen LogP contribution in [0.3, 0.4) is 0 Å². The van der Waals surface area contributed by atoms with Gasteiger partial charge in [0.1, 0.15) is 6.54 Å². The Labute approximate surface area is 166 Å². The Hall–Kier alpha value is -2.34. The molecule has 1 N–H and O–H groups in total. The van der Waals surface area contributed by atoms with Crippen LogP contribution in [0.1, 0.15) is 36.3 Å². The maximum Gasteiger partial charge on any atom is 0.317 e. The average Bonchev–Trinajstić information content (AvgIpc) is 3.06. The first-order valence-electron chi connectivity index (χ1n) is 9.42. The van der Waals surface area contributed by atoms with Crippen molar-refractivity contribution in [2.24, 2.45) is 0 Å². The summed E-state index contributed by atoms with van der Waals surface area (Å²) in [6, 6.07) is 11.9. The summed E-state index contributed by atoms with van der Waals surface area (Å²) in [5.41, 5.74) is 2.28. The largest absolute Gasteiger partial charge is 0.338 e. The van der Waals surface area contributed by atoms with Gasteiger partial charge >= 0.3 is 6.03 Å². The molecule has 0 bridgehead atoms. The van der Waals surface area contributed by atoms with Crippen molar-refractivity contribution in [1.82, 2.24) is 15.1 Å². The van der Waals surface area contributed by atoms with Crippen molar-refractivity contribution >= 4 is 23.3 Å². The summed E-state index contributed by atoms with van der Waals surface area (Å²) >= 11 is 1.66. The molecule has 0 radical (unpaired) electrons. The molecule has 1 heterocycles. The maximum absolute atomic E-state index is 13.1.